The molecule has 2 aromatic rings. The summed E-state index contributed by atoms with van der Waals surface area (Å²) in [4.78, 5) is 4.25. The second-order valence-corrected chi connectivity index (χ2v) is 6.61. The molecule has 0 aliphatic carbocycles. The van der Waals surface area contributed by atoms with Crippen molar-refractivity contribution in [3.8, 4) is 0 Å². The minimum atomic E-state index is 0.431. The van der Waals surface area contributed by atoms with Gasteiger partial charge in [0.25, 0.3) is 0 Å². The smallest absolute Gasteiger partial charge is 0.0417 e. The summed E-state index contributed by atoms with van der Waals surface area (Å²) in [6.07, 6.45) is 1.13. The Morgan fingerprint density at radius 3 is 2.59 bits per heavy atom. The molecule has 3 heteroatoms. The molecule has 0 saturated carbocycles. The van der Waals surface area contributed by atoms with E-state index in [-0.39, 0.29) is 0 Å². The molecule has 1 nitrogen and oxygen atoms in total. The van der Waals surface area contributed by atoms with Gasteiger partial charge in [0.05, 0.1) is 0 Å². The number of hydrogen-bond acceptors (Lipinski definition) is 3. The molecule has 92 valence electrons. The lowest BCUT2D eigenvalue weighted by Gasteiger charge is -2.20. The molecular weight excluding hydrogens is 246 g/mol. The van der Waals surface area contributed by atoms with Crippen LogP contribution in [0.5, 0.6) is 0 Å². The minimum absolute atomic E-state index is 0.431. The molecule has 2 atom stereocenters. The Kier molecular flexibility index (Phi) is 4.37. The summed E-state index contributed by atoms with van der Waals surface area (Å²) in [6.45, 7) is 6.66. The molecule has 0 radical (unpaired) electrons. The number of hydrogen-bond donors (Lipinski definition) is 1. The summed E-state index contributed by atoms with van der Waals surface area (Å²) in [7, 11) is 0. The average molecular weight is 265 g/mol. The molecule has 1 N–H and O–H groups in total. The molecule has 2 rings (SSSR count). The molecule has 17 heavy (non-hydrogen) atoms. The van der Waals surface area contributed by atoms with E-state index in [1.165, 1.54) is 14.6 Å². The second-order valence-electron chi connectivity index (χ2n) is 4.31. The summed E-state index contributed by atoms with van der Waals surface area (Å²) in [6, 6.07) is 9.69. The molecular formula is C14H19NS2. The average Bonchev–Trinajstić information content (AvgIpc) is 2.96. The third-order valence-corrected chi connectivity index (χ3v) is 5.10. The molecule has 2 heterocycles. The number of aryl methyl sites for hydroxylation is 1. The van der Waals surface area contributed by atoms with Crippen molar-refractivity contribution >= 4 is 22.7 Å². The van der Waals surface area contributed by atoms with Crippen molar-refractivity contribution in [1.82, 2.24) is 5.32 Å². The van der Waals surface area contributed by atoms with E-state index in [2.05, 4.69) is 55.7 Å². The van der Waals surface area contributed by atoms with Crippen molar-refractivity contribution in [3.63, 3.8) is 0 Å². The summed E-state index contributed by atoms with van der Waals surface area (Å²) >= 11 is 3.73. The molecule has 0 spiro atoms. The fraction of sp³-hybridized carbons (Fsp3) is 0.429. The van der Waals surface area contributed by atoms with Crippen LogP contribution < -0.4 is 5.32 Å². The van der Waals surface area contributed by atoms with Gasteiger partial charge in [-0.1, -0.05) is 13.0 Å². The Hall–Kier alpha value is -0.640. The van der Waals surface area contributed by atoms with Gasteiger partial charge in [0.1, 0.15) is 0 Å². The van der Waals surface area contributed by atoms with Crippen molar-refractivity contribution in [1.29, 1.82) is 0 Å². The van der Waals surface area contributed by atoms with Crippen LogP contribution in [0.4, 0.5) is 0 Å². The molecule has 0 saturated heterocycles. The highest BCUT2D eigenvalue weighted by atomic mass is 32.1. The third-order valence-electron chi connectivity index (χ3n) is 2.93. The highest BCUT2D eigenvalue weighted by Crippen LogP contribution is 2.28. The van der Waals surface area contributed by atoms with Crippen molar-refractivity contribution in [2.24, 2.45) is 0 Å². The fourth-order valence-electron chi connectivity index (χ4n) is 1.96. The molecule has 0 aliphatic rings. The van der Waals surface area contributed by atoms with Gasteiger partial charge in [0, 0.05) is 26.7 Å². The largest absolute Gasteiger partial charge is 0.302 e. The van der Waals surface area contributed by atoms with Crippen molar-refractivity contribution in [3.05, 3.63) is 44.3 Å². The van der Waals surface area contributed by atoms with E-state index in [1.807, 2.05) is 22.7 Å². The zero-order valence-electron chi connectivity index (χ0n) is 10.6. The Labute approximate surface area is 112 Å². The highest BCUT2D eigenvalue weighted by Gasteiger charge is 2.15. The predicted octanol–water partition coefficient (Wildman–Crippen LogP) is 4.92. The van der Waals surface area contributed by atoms with Crippen LogP contribution in [0.1, 0.15) is 47.0 Å². The van der Waals surface area contributed by atoms with Crippen molar-refractivity contribution in [2.45, 2.75) is 39.3 Å². The summed E-state index contributed by atoms with van der Waals surface area (Å²) in [5, 5.41) is 5.87. The maximum absolute atomic E-state index is 3.72. The van der Waals surface area contributed by atoms with Crippen LogP contribution in [0.2, 0.25) is 0 Å². The van der Waals surface area contributed by atoms with Gasteiger partial charge in [0.15, 0.2) is 0 Å². The molecule has 2 aromatic heterocycles. The van der Waals surface area contributed by atoms with Crippen LogP contribution in [0.15, 0.2) is 29.6 Å². The Morgan fingerprint density at radius 1 is 1.24 bits per heavy atom. The van der Waals surface area contributed by atoms with Crippen LogP contribution in [0.25, 0.3) is 0 Å². The van der Waals surface area contributed by atoms with E-state index in [4.69, 9.17) is 0 Å². The summed E-state index contributed by atoms with van der Waals surface area (Å²) in [5.74, 6) is 0. The Balaban J connectivity index is 2.04. The fourth-order valence-corrected chi connectivity index (χ4v) is 3.72. The van der Waals surface area contributed by atoms with Crippen LogP contribution in [-0.4, -0.2) is 0 Å². The van der Waals surface area contributed by atoms with E-state index in [0.717, 1.165) is 6.42 Å². The zero-order valence-corrected chi connectivity index (χ0v) is 12.2. The van der Waals surface area contributed by atoms with Gasteiger partial charge in [-0.3, -0.25) is 0 Å². The van der Waals surface area contributed by atoms with Crippen LogP contribution in [-0.2, 0) is 0 Å². The zero-order chi connectivity index (χ0) is 12.3. The van der Waals surface area contributed by atoms with Crippen LogP contribution >= 0.6 is 22.7 Å². The Morgan fingerprint density at radius 2 is 2.06 bits per heavy atom. The van der Waals surface area contributed by atoms with E-state index in [1.54, 1.807) is 0 Å². The highest BCUT2D eigenvalue weighted by molar-refractivity contribution is 7.12. The van der Waals surface area contributed by atoms with Crippen LogP contribution in [0.3, 0.4) is 0 Å². The first-order valence-electron chi connectivity index (χ1n) is 6.06. The normalized spacial score (nSPS) is 14.8. The first kappa shape index (κ1) is 12.8. The van der Waals surface area contributed by atoms with Gasteiger partial charge >= 0.3 is 0 Å². The molecule has 2 unspecified atom stereocenters. The van der Waals surface area contributed by atoms with Gasteiger partial charge in [0.2, 0.25) is 0 Å². The lowest BCUT2D eigenvalue weighted by molar-refractivity contribution is 0.466. The van der Waals surface area contributed by atoms with Gasteiger partial charge in [-0.2, -0.15) is 0 Å². The molecule has 0 fully saturated rings. The maximum Gasteiger partial charge on any atom is 0.0417 e. The van der Waals surface area contributed by atoms with E-state index in [0.29, 0.717) is 12.1 Å². The maximum atomic E-state index is 3.72. The molecule has 0 amide bonds. The quantitative estimate of drug-likeness (QED) is 0.809. The lowest BCUT2D eigenvalue weighted by Crippen LogP contribution is -2.22. The molecule has 0 aromatic carbocycles. The first-order valence-corrected chi connectivity index (χ1v) is 7.76. The number of thiophene rings is 2. The monoisotopic (exact) mass is 265 g/mol. The topological polar surface area (TPSA) is 12.0 Å². The third kappa shape index (κ3) is 3.18. The van der Waals surface area contributed by atoms with E-state index >= 15 is 0 Å². The molecule has 0 aliphatic heterocycles. The predicted molar refractivity (Wildman–Crippen MR) is 78.0 cm³/mol. The summed E-state index contributed by atoms with van der Waals surface area (Å²) < 4.78 is 0. The van der Waals surface area contributed by atoms with E-state index in [9.17, 15) is 0 Å². The molecule has 0 bridgehead atoms. The number of rotatable bonds is 5. The second kappa shape index (κ2) is 5.80. The minimum Gasteiger partial charge on any atom is -0.302 e. The summed E-state index contributed by atoms with van der Waals surface area (Å²) in [5.41, 5.74) is 0. The van der Waals surface area contributed by atoms with Crippen molar-refractivity contribution < 1.29 is 0 Å². The lowest BCUT2D eigenvalue weighted by atomic mass is 10.1. The van der Waals surface area contributed by atoms with Gasteiger partial charge in [-0.15, -0.1) is 22.7 Å². The van der Waals surface area contributed by atoms with Gasteiger partial charge in [-0.05, 0) is 43.8 Å². The number of nitrogens with one attached hydrogen (secondary N) is 1. The van der Waals surface area contributed by atoms with Crippen LogP contribution in [0, 0.1) is 6.92 Å². The Bertz CT molecular complexity index is 444. The van der Waals surface area contributed by atoms with Crippen molar-refractivity contribution in [2.75, 3.05) is 0 Å². The first-order chi connectivity index (χ1) is 8.20. The van der Waals surface area contributed by atoms with Gasteiger partial charge in [-0.25, -0.2) is 0 Å². The van der Waals surface area contributed by atoms with Gasteiger partial charge < -0.3 is 5.32 Å². The van der Waals surface area contributed by atoms with E-state index < -0.39 is 0 Å². The standard InChI is InChI=1S/C14H19NS2/c1-4-12(14-6-5-9-16-14)15-11(3)13-8-7-10(2)17-13/h5-9,11-12,15H,4H2,1-3H3. The SMILES string of the molecule is CCC(NC(C)c1ccc(C)s1)c1cccs1.